The molecule has 3 atom stereocenters. The molecule has 0 saturated carbocycles. The summed E-state index contributed by atoms with van der Waals surface area (Å²) in [5, 5.41) is 22.9. The van der Waals surface area contributed by atoms with Gasteiger partial charge in [-0.3, -0.25) is 5.10 Å². The van der Waals surface area contributed by atoms with Crippen LogP contribution in [0.25, 0.3) is 34.2 Å². The summed E-state index contributed by atoms with van der Waals surface area (Å²) in [4.78, 5) is 50.8. The summed E-state index contributed by atoms with van der Waals surface area (Å²) in [7, 11) is 0. The fourth-order valence-electron chi connectivity index (χ4n) is 9.03. The number of hydrogen-bond acceptors (Lipinski definition) is 11. The van der Waals surface area contributed by atoms with Crippen LogP contribution in [0.1, 0.15) is 171 Å². The molecule has 0 bridgehead atoms. The molecule has 0 spiro atoms. The zero-order valence-corrected chi connectivity index (χ0v) is 55.5. The molecule has 24 heteroatoms. The lowest BCUT2D eigenvalue weighted by molar-refractivity contribution is -0.733. The number of aromatic amines is 2. The largest absolute Gasteiger partial charge is 0.444 e. The van der Waals surface area contributed by atoms with E-state index in [9.17, 15) is 40.7 Å². The highest BCUT2D eigenvalue weighted by Crippen LogP contribution is 2.37. The molecule has 8 rings (SSSR count). The number of rotatable bonds is 13. The van der Waals surface area contributed by atoms with E-state index in [2.05, 4.69) is 51.3 Å². The predicted molar refractivity (Wildman–Crippen MR) is 337 cm³/mol. The van der Waals surface area contributed by atoms with Gasteiger partial charge in [-0.2, -0.15) is 15.3 Å². The number of carbonyl (C=O) groups is 3. The minimum Gasteiger partial charge on any atom is -0.444 e. The lowest BCUT2D eigenvalue weighted by Crippen LogP contribution is -2.42. The second kappa shape index (κ2) is 29.0. The van der Waals surface area contributed by atoms with Crippen molar-refractivity contribution < 1.29 is 59.6 Å². The molecule has 8 aromatic rings. The molecule has 0 aliphatic carbocycles. The smallest absolute Gasteiger partial charge is 0.408 e. The number of nitrogens with one attached hydrogen (secondary N) is 5. The number of halogens is 6. The first-order valence-electron chi connectivity index (χ1n) is 29.8. The summed E-state index contributed by atoms with van der Waals surface area (Å²) in [6.45, 7) is 34.0. The van der Waals surface area contributed by atoms with Crippen molar-refractivity contribution in [2.24, 2.45) is 16.2 Å². The standard InChI is InChI=1S/2C25H30F2N4O2.C18H24F2N4O2/c1-24(2,3)20(28-23(32)33-25(4,5)6)21-29-22(18-14-17(26)12-13-19(18)27)31(30-21)15-16-10-8-7-9-11-16;1-24(2,3)20(28-23(32)33-25(4,5)6)22-29-21(18-14-17(26)12-13-19(18)27)30-31(22)15-16-10-8-7-9-11-16;1-17(2,3)13(21-16(25)26-18(4,5)6)15-22-14(23-24-15)11-9-10(19)7-8-12(11)20/h2*7-14,20H,15H2,1-6H3,(H,28,32);7-9,13H,1-6H3,(H,21,25)(H,22,23,24)/p+1/t2*20-;13-/m000/s1. The number of ether oxygens (including phenoxy) is 3. The third-order valence-corrected chi connectivity index (χ3v) is 13.2. The summed E-state index contributed by atoms with van der Waals surface area (Å²) >= 11 is 0. The fourth-order valence-corrected chi connectivity index (χ4v) is 9.03. The average Bonchev–Trinajstić information content (AvgIpc) is 1.64. The van der Waals surface area contributed by atoms with Crippen molar-refractivity contribution in [2.75, 3.05) is 0 Å². The van der Waals surface area contributed by atoms with E-state index in [0.717, 1.165) is 65.7 Å². The maximum atomic E-state index is 14.7. The second-order valence-corrected chi connectivity index (χ2v) is 28.2. The molecule has 92 heavy (non-hydrogen) atoms. The molecule has 18 nitrogen and oxygen atoms in total. The van der Waals surface area contributed by atoms with Gasteiger partial charge in [-0.25, -0.2) is 55.4 Å². The Morgan fingerprint density at radius 3 is 1.30 bits per heavy atom. The molecule has 0 aliphatic heterocycles. The van der Waals surface area contributed by atoms with Crippen molar-refractivity contribution in [2.45, 2.75) is 173 Å². The van der Waals surface area contributed by atoms with Crippen LogP contribution in [-0.4, -0.2) is 75.1 Å². The number of amides is 3. The van der Waals surface area contributed by atoms with E-state index in [-0.39, 0.29) is 34.2 Å². The molecule has 5 N–H and O–H groups in total. The van der Waals surface area contributed by atoms with Crippen LogP contribution < -0.4 is 20.6 Å². The van der Waals surface area contributed by atoms with Gasteiger partial charge in [-0.15, -0.1) is 4.68 Å². The van der Waals surface area contributed by atoms with Crippen LogP contribution in [0.4, 0.5) is 40.7 Å². The molecule has 3 amide bonds. The van der Waals surface area contributed by atoms with Crippen molar-refractivity contribution in [1.29, 1.82) is 0 Å². The Kier molecular flexibility index (Phi) is 22.7. The highest BCUT2D eigenvalue weighted by atomic mass is 19.1. The Hall–Kier alpha value is -9.09. The minimum atomic E-state index is -0.680. The Morgan fingerprint density at radius 1 is 0.478 bits per heavy atom. The molecule has 5 aromatic carbocycles. The van der Waals surface area contributed by atoms with E-state index < -0.39 is 104 Å². The number of aromatic nitrogens is 9. The topological polar surface area (TPSA) is 220 Å². The van der Waals surface area contributed by atoms with Gasteiger partial charge in [-0.05, 0) is 149 Å². The van der Waals surface area contributed by atoms with Crippen LogP contribution in [-0.2, 0) is 27.3 Å². The number of alkyl carbamates (subject to hydrolysis) is 3. The quantitative estimate of drug-likeness (QED) is 0.0415. The van der Waals surface area contributed by atoms with Gasteiger partial charge in [0.25, 0.3) is 5.82 Å². The van der Waals surface area contributed by atoms with Crippen LogP contribution in [0.15, 0.2) is 115 Å². The van der Waals surface area contributed by atoms with E-state index in [1.165, 1.54) is 0 Å². The predicted octanol–water partition coefficient (Wildman–Crippen LogP) is 15.5. The van der Waals surface area contributed by atoms with E-state index in [4.69, 9.17) is 14.2 Å². The number of H-pyrrole nitrogens is 2. The molecule has 0 saturated heterocycles. The minimum absolute atomic E-state index is 0.0113. The SMILES string of the molecule is CC(C)(C)OC(=O)N[C@@H](c1nc(-c2cc(F)ccc2F)[n+](Cc2ccccc2)[nH]1)C(C)(C)C.CC(C)(C)OC(=O)N[C@@H](c1nc(-c2cc(F)ccc2F)n[nH]1)C(C)(C)C.CC(C)(C)OC(=O)N[C@@H](c1nc(-c2cc(F)ccc2F)nn1Cc1ccccc1)C(C)(C)C. The van der Waals surface area contributed by atoms with Gasteiger partial charge in [0.2, 0.25) is 0 Å². The summed E-state index contributed by atoms with van der Waals surface area (Å²) in [6.07, 6.45) is -1.80. The molecular weight excluding hydrogens is 1190 g/mol. The first-order chi connectivity index (χ1) is 42.5. The Balaban J connectivity index is 0.000000221. The maximum Gasteiger partial charge on any atom is 0.408 e. The Labute approximate surface area is 533 Å². The fraction of sp³-hybridized carbons (Fsp3) is 0.426. The number of benzene rings is 5. The molecule has 0 radical (unpaired) electrons. The first kappa shape index (κ1) is 72.0. The van der Waals surface area contributed by atoms with Crippen LogP contribution >= 0.6 is 0 Å². The number of carbonyl (C=O) groups excluding carboxylic acids is 3. The van der Waals surface area contributed by atoms with Crippen molar-refractivity contribution in [3.63, 3.8) is 0 Å². The van der Waals surface area contributed by atoms with E-state index in [1.54, 1.807) is 71.7 Å². The van der Waals surface area contributed by atoms with Gasteiger partial charge in [0, 0.05) is 0 Å². The van der Waals surface area contributed by atoms with Crippen molar-refractivity contribution >= 4 is 18.3 Å². The van der Waals surface area contributed by atoms with Crippen LogP contribution in [0.3, 0.4) is 0 Å². The highest BCUT2D eigenvalue weighted by molar-refractivity contribution is 5.70. The zero-order valence-electron chi connectivity index (χ0n) is 55.5. The van der Waals surface area contributed by atoms with Gasteiger partial charge >= 0.3 is 24.1 Å². The maximum absolute atomic E-state index is 14.7. The number of nitrogens with zero attached hydrogens (tertiary/aromatic N) is 7. The lowest BCUT2D eigenvalue weighted by Gasteiger charge is -2.31. The summed E-state index contributed by atoms with van der Waals surface area (Å²) in [6, 6.07) is 26.8. The van der Waals surface area contributed by atoms with Gasteiger partial charge in [0.05, 0.1) is 29.8 Å². The second-order valence-electron chi connectivity index (χ2n) is 28.2. The molecule has 3 heterocycles. The van der Waals surface area contributed by atoms with Crippen LogP contribution in [0.5, 0.6) is 0 Å². The van der Waals surface area contributed by atoms with Gasteiger partial charge in [0.1, 0.15) is 75.7 Å². The van der Waals surface area contributed by atoms with E-state index in [1.807, 2.05) is 123 Å². The molecule has 0 unspecified atom stereocenters. The summed E-state index contributed by atoms with van der Waals surface area (Å²) in [5.74, 6) is -2.19. The van der Waals surface area contributed by atoms with Crippen molar-refractivity contribution in [3.8, 4) is 34.2 Å². The average molecular weight is 1280 g/mol. The third-order valence-electron chi connectivity index (χ3n) is 13.2. The van der Waals surface area contributed by atoms with Crippen LogP contribution in [0, 0.1) is 51.1 Å². The van der Waals surface area contributed by atoms with Gasteiger partial charge < -0.3 is 30.2 Å². The highest BCUT2D eigenvalue weighted by Gasteiger charge is 2.39. The molecule has 3 aromatic heterocycles. The molecule has 0 fully saturated rings. The first-order valence-corrected chi connectivity index (χ1v) is 29.8. The summed E-state index contributed by atoms with van der Waals surface area (Å²) < 4.78 is 104. The lowest BCUT2D eigenvalue weighted by atomic mass is 9.86. The number of hydrogen-bond donors (Lipinski definition) is 5. The van der Waals surface area contributed by atoms with E-state index in [0.29, 0.717) is 30.6 Å². The molecule has 494 valence electrons. The zero-order chi connectivity index (χ0) is 68.5. The Bertz CT molecular complexity index is 3800. The molecular formula is C68H85F6N12O6+. The van der Waals surface area contributed by atoms with E-state index >= 15 is 0 Å². The van der Waals surface area contributed by atoms with Crippen LogP contribution in [0.2, 0.25) is 0 Å². The van der Waals surface area contributed by atoms with Crippen molar-refractivity contribution in [1.82, 2.24) is 56.0 Å². The van der Waals surface area contributed by atoms with Gasteiger partial charge in [0.15, 0.2) is 17.5 Å². The third kappa shape index (κ3) is 21.3. The summed E-state index contributed by atoms with van der Waals surface area (Å²) in [5.41, 5.74) is -1.57. The molecule has 0 aliphatic rings. The van der Waals surface area contributed by atoms with Gasteiger partial charge in [-0.1, -0.05) is 123 Å². The normalized spacial score (nSPS) is 13.1. The van der Waals surface area contributed by atoms with Crippen molar-refractivity contribution in [3.05, 3.63) is 179 Å². The Morgan fingerprint density at radius 2 is 0.870 bits per heavy atom. The monoisotopic (exact) mass is 1280 g/mol.